The molecule has 0 atom stereocenters. The average Bonchev–Trinajstić information content (AvgIpc) is 1.97. The van der Waals surface area contributed by atoms with Gasteiger partial charge in [-0.05, 0) is 78.6 Å². The number of halogens is 2. The Balaban J connectivity index is 5.01. The average molecular weight is 500 g/mol. The summed E-state index contributed by atoms with van der Waals surface area (Å²) in [5, 5.41) is 0. The minimum absolute atomic E-state index is 1.95. The fourth-order valence-corrected chi connectivity index (χ4v) is 32.1. The summed E-state index contributed by atoms with van der Waals surface area (Å²) in [6, 6.07) is 0. The lowest BCUT2D eigenvalue weighted by Gasteiger charge is -2.42. The van der Waals surface area contributed by atoms with Crippen LogP contribution in [0.4, 0.5) is 0 Å². The van der Waals surface area contributed by atoms with Crippen LogP contribution in [0.25, 0.3) is 0 Å². The van der Waals surface area contributed by atoms with Gasteiger partial charge in [0.15, 0.2) is 0 Å². The van der Waals surface area contributed by atoms with E-state index in [0.29, 0.717) is 0 Å². The van der Waals surface area contributed by atoms with Gasteiger partial charge in [0.2, 0.25) is 0 Å². The summed E-state index contributed by atoms with van der Waals surface area (Å²) in [6.45, 7) is 24.0. The molecule has 0 aromatic carbocycles. The predicted molar refractivity (Wildman–Crippen MR) is 122 cm³/mol. The number of hydrogen-bond donors (Lipinski definition) is 0. The Labute approximate surface area is 170 Å². The zero-order chi connectivity index (χ0) is 20.5. The highest BCUT2D eigenvalue weighted by atomic mass is 35.6. The van der Waals surface area contributed by atoms with Gasteiger partial charge in [-0.3, -0.25) is 0 Å². The van der Waals surface area contributed by atoms with E-state index in [0.717, 1.165) is 0 Å². The third-order valence-electron chi connectivity index (χ3n) is 2.45. The molecular weight excluding hydrogens is 464 g/mol. The van der Waals surface area contributed by atoms with Crippen LogP contribution >= 0.6 is 22.2 Å². The molecule has 0 aliphatic carbocycles. The lowest BCUT2D eigenvalue weighted by molar-refractivity contribution is 0.284. The van der Waals surface area contributed by atoms with Gasteiger partial charge in [-0.15, -0.1) is 22.2 Å². The lowest BCUT2D eigenvalue weighted by Crippen LogP contribution is -2.59. The van der Waals surface area contributed by atoms with E-state index in [4.69, 9.17) is 42.7 Å². The zero-order valence-electron chi connectivity index (χ0n) is 17.8. The number of hydrogen-bond acceptors (Lipinski definition) is 5. The molecule has 0 bridgehead atoms. The summed E-state index contributed by atoms with van der Waals surface area (Å²) in [6.07, 6.45) is 0. The molecule has 152 valence electrons. The van der Waals surface area contributed by atoms with E-state index >= 15 is 0 Å². The van der Waals surface area contributed by atoms with Gasteiger partial charge in [0.25, 0.3) is 15.3 Å². The van der Waals surface area contributed by atoms with Gasteiger partial charge in [0.05, 0.1) is 0 Å². The minimum Gasteiger partial charge on any atom is -0.425 e. The van der Waals surface area contributed by atoms with Gasteiger partial charge in [-0.1, -0.05) is 0 Å². The van der Waals surface area contributed by atoms with Crippen molar-refractivity contribution in [2.45, 2.75) is 78.6 Å². The van der Waals surface area contributed by atoms with Crippen LogP contribution in [0.2, 0.25) is 78.6 Å². The fourth-order valence-electron chi connectivity index (χ4n) is 3.03. The van der Waals surface area contributed by atoms with Crippen LogP contribution in [-0.2, 0) is 20.6 Å². The van der Waals surface area contributed by atoms with Gasteiger partial charge in [-0.2, -0.15) is 0 Å². The van der Waals surface area contributed by atoms with Gasteiger partial charge >= 0.3 is 34.2 Å². The Morgan fingerprint density at radius 1 is 0.360 bits per heavy atom. The third-order valence-corrected chi connectivity index (χ3v) is 23.5. The molecule has 5 nitrogen and oxygen atoms in total. The van der Waals surface area contributed by atoms with Crippen LogP contribution in [-0.4, -0.2) is 49.5 Å². The first-order valence-corrected chi connectivity index (χ1v) is 27.5. The molecule has 0 aromatic rings. The van der Waals surface area contributed by atoms with Crippen LogP contribution in [0.5, 0.6) is 0 Å². The Morgan fingerprint density at radius 3 is 0.680 bits per heavy atom. The molecule has 0 saturated carbocycles. The van der Waals surface area contributed by atoms with Crippen molar-refractivity contribution < 1.29 is 20.6 Å². The van der Waals surface area contributed by atoms with E-state index < -0.39 is 49.5 Å². The Morgan fingerprint density at radius 2 is 0.520 bits per heavy atom. The predicted octanol–water partition coefficient (Wildman–Crippen LogP) is 5.76. The second kappa shape index (κ2) is 8.59. The van der Waals surface area contributed by atoms with Gasteiger partial charge < -0.3 is 20.6 Å². The highest BCUT2D eigenvalue weighted by Gasteiger charge is 2.46. The molecule has 0 aromatic heterocycles. The van der Waals surface area contributed by atoms with E-state index in [1.807, 2.05) is 78.6 Å². The molecule has 0 N–H and O–H groups in total. The molecule has 0 spiro atoms. The molecular formula is C12H36Cl2O5Si6. The Hall–Kier alpha value is 1.68. The Kier molecular flexibility index (Phi) is 9.17. The van der Waals surface area contributed by atoms with Gasteiger partial charge in [0.1, 0.15) is 0 Å². The summed E-state index contributed by atoms with van der Waals surface area (Å²) >= 11 is 12.7. The maximum absolute atomic E-state index is 6.41. The molecule has 13 heteroatoms. The first kappa shape index (κ1) is 26.7. The van der Waals surface area contributed by atoms with E-state index in [9.17, 15) is 0 Å². The molecule has 0 rings (SSSR count). The summed E-state index contributed by atoms with van der Waals surface area (Å²) in [5.74, 6) is 0. The first-order valence-electron chi connectivity index (χ1n) is 8.42. The normalized spacial score (nSPS) is 15.6. The van der Waals surface area contributed by atoms with Crippen molar-refractivity contribution in [1.82, 2.24) is 0 Å². The molecule has 0 amide bonds. The molecule has 0 unspecified atom stereocenters. The van der Waals surface area contributed by atoms with Crippen LogP contribution in [0, 0.1) is 0 Å². The molecule has 0 aliphatic heterocycles. The third kappa shape index (κ3) is 14.3. The van der Waals surface area contributed by atoms with Crippen molar-refractivity contribution in [2.24, 2.45) is 0 Å². The van der Waals surface area contributed by atoms with Crippen molar-refractivity contribution in [1.29, 1.82) is 0 Å². The standard InChI is InChI=1S/C12H36Cl2O5Si6/c1-20(2,13)15-22(5,6)17-24(9,10)19-25(11,12)18-23(7,8)16-21(3,4)14/h1-12H3. The quantitative estimate of drug-likeness (QED) is 0.283. The molecule has 0 heterocycles. The topological polar surface area (TPSA) is 46.2 Å². The van der Waals surface area contributed by atoms with Crippen LogP contribution in [0.3, 0.4) is 0 Å². The van der Waals surface area contributed by atoms with Crippen molar-refractivity contribution in [3.63, 3.8) is 0 Å². The van der Waals surface area contributed by atoms with Crippen molar-refractivity contribution >= 4 is 71.7 Å². The summed E-state index contributed by atoms with van der Waals surface area (Å²) < 4.78 is 31.2. The van der Waals surface area contributed by atoms with Gasteiger partial charge in [-0.25, -0.2) is 0 Å². The van der Waals surface area contributed by atoms with Crippen LogP contribution in [0.15, 0.2) is 0 Å². The van der Waals surface area contributed by atoms with E-state index in [1.54, 1.807) is 0 Å². The molecule has 0 radical (unpaired) electrons. The highest BCUT2D eigenvalue weighted by molar-refractivity contribution is 7.18. The maximum Gasteiger partial charge on any atom is 0.314 e. The molecule has 25 heavy (non-hydrogen) atoms. The molecule has 0 saturated heterocycles. The van der Waals surface area contributed by atoms with Gasteiger partial charge in [0, 0.05) is 0 Å². The monoisotopic (exact) mass is 498 g/mol. The SMILES string of the molecule is C[Si](C)(Cl)O[Si](C)(C)O[Si](C)(C)O[Si](C)(C)O[Si](C)(C)O[Si](C)(C)Cl. The highest BCUT2D eigenvalue weighted by Crippen LogP contribution is 2.28. The summed E-state index contributed by atoms with van der Waals surface area (Å²) in [5.41, 5.74) is 0. The van der Waals surface area contributed by atoms with E-state index in [1.165, 1.54) is 0 Å². The lowest BCUT2D eigenvalue weighted by atomic mass is 11.9. The minimum atomic E-state index is -2.45. The van der Waals surface area contributed by atoms with E-state index in [2.05, 4.69) is 0 Å². The summed E-state index contributed by atoms with van der Waals surface area (Å²) in [7, 11) is -14.0. The zero-order valence-corrected chi connectivity index (χ0v) is 25.3. The fraction of sp³-hybridized carbons (Fsp3) is 1.00. The number of rotatable bonds is 10. The van der Waals surface area contributed by atoms with Crippen molar-refractivity contribution in [2.75, 3.05) is 0 Å². The largest absolute Gasteiger partial charge is 0.425 e. The van der Waals surface area contributed by atoms with Crippen LogP contribution < -0.4 is 0 Å². The second-order valence-corrected chi connectivity index (χ2v) is 35.0. The summed E-state index contributed by atoms with van der Waals surface area (Å²) in [4.78, 5) is 0. The van der Waals surface area contributed by atoms with Crippen LogP contribution in [0.1, 0.15) is 0 Å². The van der Waals surface area contributed by atoms with E-state index in [-0.39, 0.29) is 0 Å². The maximum atomic E-state index is 6.41. The first-order chi connectivity index (χ1) is 10.5. The van der Waals surface area contributed by atoms with Crippen molar-refractivity contribution in [3.8, 4) is 0 Å². The molecule has 0 aliphatic rings. The smallest absolute Gasteiger partial charge is 0.314 e. The van der Waals surface area contributed by atoms with Crippen molar-refractivity contribution in [3.05, 3.63) is 0 Å². The Bertz CT molecular complexity index is 408. The molecule has 0 fully saturated rings. The second-order valence-electron chi connectivity index (χ2n) is 8.84.